The molecule has 3 aromatic rings. The Kier molecular flexibility index (Phi) is 5.14. The summed E-state index contributed by atoms with van der Waals surface area (Å²) >= 11 is 1.54. The van der Waals surface area contributed by atoms with Gasteiger partial charge in [-0.1, -0.05) is 29.4 Å². The minimum absolute atomic E-state index is 0.154. The fourth-order valence-electron chi connectivity index (χ4n) is 2.35. The molecule has 7 heteroatoms. The first kappa shape index (κ1) is 17.2. The van der Waals surface area contributed by atoms with Gasteiger partial charge in [0.15, 0.2) is 6.10 Å². The number of benzene rings is 1. The third-order valence-corrected chi connectivity index (χ3v) is 4.57. The molecule has 0 unspecified atom stereocenters. The molecule has 0 fully saturated rings. The van der Waals surface area contributed by atoms with Crippen LogP contribution in [-0.2, 0) is 11.3 Å². The molecule has 3 rings (SSSR count). The number of ether oxygens (including phenoxy) is 1. The fraction of sp³-hybridized carbons (Fsp3) is 0.278. The van der Waals surface area contributed by atoms with Crippen molar-refractivity contribution in [3.05, 3.63) is 53.2 Å². The van der Waals surface area contributed by atoms with E-state index in [2.05, 4.69) is 10.1 Å². The second-order valence-corrected chi connectivity index (χ2v) is 6.66. The Morgan fingerprint density at radius 2 is 2.12 bits per heavy atom. The van der Waals surface area contributed by atoms with E-state index in [1.165, 1.54) is 16.2 Å². The Balaban J connectivity index is 1.61. The van der Waals surface area contributed by atoms with E-state index in [0.717, 1.165) is 10.4 Å². The molecule has 0 aliphatic rings. The van der Waals surface area contributed by atoms with Crippen molar-refractivity contribution in [3.8, 4) is 16.5 Å². The summed E-state index contributed by atoms with van der Waals surface area (Å²) in [6.45, 7) is 3.91. The van der Waals surface area contributed by atoms with Crippen LogP contribution >= 0.6 is 11.3 Å². The van der Waals surface area contributed by atoms with E-state index in [0.29, 0.717) is 17.5 Å². The minimum atomic E-state index is -0.606. The van der Waals surface area contributed by atoms with Crippen molar-refractivity contribution < 1.29 is 14.1 Å². The number of amides is 1. The van der Waals surface area contributed by atoms with E-state index in [4.69, 9.17) is 9.26 Å². The maximum Gasteiger partial charge on any atom is 0.263 e. The Hall–Kier alpha value is -2.67. The number of thiophene rings is 1. The maximum atomic E-state index is 12.5. The second kappa shape index (κ2) is 7.48. The van der Waals surface area contributed by atoms with Crippen LogP contribution in [0, 0.1) is 6.92 Å². The second-order valence-electron chi connectivity index (χ2n) is 5.71. The Bertz CT molecular complexity index is 845. The minimum Gasteiger partial charge on any atom is -0.481 e. The van der Waals surface area contributed by atoms with Gasteiger partial charge in [0, 0.05) is 7.05 Å². The Morgan fingerprint density at radius 3 is 2.84 bits per heavy atom. The maximum absolute atomic E-state index is 12.5. The Labute approximate surface area is 150 Å². The predicted octanol–water partition coefficient (Wildman–Crippen LogP) is 3.53. The van der Waals surface area contributed by atoms with Crippen LogP contribution < -0.4 is 4.74 Å². The highest BCUT2D eigenvalue weighted by Gasteiger charge is 2.22. The van der Waals surface area contributed by atoms with E-state index >= 15 is 0 Å². The molecule has 25 heavy (non-hydrogen) atoms. The lowest BCUT2D eigenvalue weighted by molar-refractivity contribution is -0.137. The van der Waals surface area contributed by atoms with Crippen molar-refractivity contribution in [2.75, 3.05) is 7.05 Å². The molecule has 2 aromatic heterocycles. The summed E-state index contributed by atoms with van der Waals surface area (Å²) in [7, 11) is 1.69. The van der Waals surface area contributed by atoms with Crippen LogP contribution in [0.5, 0.6) is 5.75 Å². The number of para-hydroxylation sites is 1. The third kappa shape index (κ3) is 4.06. The third-order valence-electron chi connectivity index (χ3n) is 3.70. The first-order valence-electron chi connectivity index (χ1n) is 7.88. The van der Waals surface area contributed by atoms with E-state index in [-0.39, 0.29) is 12.5 Å². The zero-order valence-electron chi connectivity index (χ0n) is 14.3. The zero-order valence-corrected chi connectivity index (χ0v) is 15.1. The predicted molar refractivity (Wildman–Crippen MR) is 95.4 cm³/mol. The topological polar surface area (TPSA) is 68.5 Å². The summed E-state index contributed by atoms with van der Waals surface area (Å²) in [6, 6.07) is 11.5. The first-order valence-corrected chi connectivity index (χ1v) is 8.76. The number of rotatable bonds is 6. The number of aryl methyl sites for hydroxylation is 1. The monoisotopic (exact) mass is 357 g/mol. The van der Waals surface area contributed by atoms with Gasteiger partial charge in [-0.05, 0) is 36.9 Å². The average molecular weight is 357 g/mol. The van der Waals surface area contributed by atoms with Crippen LogP contribution in [0.25, 0.3) is 10.7 Å². The summed E-state index contributed by atoms with van der Waals surface area (Å²) in [5, 5.41) is 5.90. The molecule has 0 aliphatic carbocycles. The van der Waals surface area contributed by atoms with Gasteiger partial charge >= 0.3 is 0 Å². The smallest absolute Gasteiger partial charge is 0.263 e. The van der Waals surface area contributed by atoms with Crippen LogP contribution in [0.2, 0.25) is 0 Å². The van der Waals surface area contributed by atoms with E-state index in [9.17, 15) is 4.79 Å². The molecule has 1 amide bonds. The lowest BCUT2D eigenvalue weighted by atomic mass is 10.2. The lowest BCUT2D eigenvalue weighted by Gasteiger charge is -2.21. The van der Waals surface area contributed by atoms with Gasteiger partial charge < -0.3 is 14.2 Å². The summed E-state index contributed by atoms with van der Waals surface area (Å²) in [6.07, 6.45) is -0.606. The first-order chi connectivity index (χ1) is 12.0. The van der Waals surface area contributed by atoms with Gasteiger partial charge in [-0.15, -0.1) is 11.3 Å². The molecule has 6 nitrogen and oxygen atoms in total. The average Bonchev–Trinajstić information content (AvgIpc) is 3.27. The molecule has 1 aromatic carbocycles. The molecule has 0 radical (unpaired) electrons. The molecule has 0 bridgehead atoms. The lowest BCUT2D eigenvalue weighted by Crippen LogP contribution is -2.37. The quantitative estimate of drug-likeness (QED) is 0.675. The SMILES string of the molecule is Cc1ccccc1O[C@H](C)C(=O)N(C)Cc1nc(-c2cccs2)no1. The van der Waals surface area contributed by atoms with Crippen molar-refractivity contribution in [3.63, 3.8) is 0 Å². The number of carbonyl (C=O) groups is 1. The van der Waals surface area contributed by atoms with Gasteiger partial charge in [0.1, 0.15) is 5.75 Å². The number of hydrogen-bond donors (Lipinski definition) is 0. The van der Waals surface area contributed by atoms with Gasteiger partial charge in [-0.25, -0.2) is 0 Å². The normalized spacial score (nSPS) is 12.0. The molecule has 1 atom stereocenters. The molecule has 0 saturated carbocycles. The van der Waals surface area contributed by atoms with E-state index in [1.54, 1.807) is 14.0 Å². The summed E-state index contributed by atoms with van der Waals surface area (Å²) in [5.41, 5.74) is 0.988. The van der Waals surface area contributed by atoms with Gasteiger partial charge in [0.05, 0.1) is 11.4 Å². The molecule has 2 heterocycles. The largest absolute Gasteiger partial charge is 0.481 e. The highest BCUT2D eigenvalue weighted by atomic mass is 32.1. The van der Waals surface area contributed by atoms with Gasteiger partial charge in [-0.3, -0.25) is 4.79 Å². The van der Waals surface area contributed by atoms with Gasteiger partial charge in [-0.2, -0.15) is 4.98 Å². The van der Waals surface area contributed by atoms with Crippen LogP contribution in [0.3, 0.4) is 0 Å². The Morgan fingerprint density at radius 1 is 1.32 bits per heavy atom. The molecule has 0 saturated heterocycles. The standard InChI is InChI=1S/C18H19N3O3S/c1-12-7-4-5-8-14(12)23-13(2)18(22)21(3)11-16-19-17(20-24-16)15-9-6-10-25-15/h4-10,13H,11H2,1-3H3/t13-/m1/s1. The number of hydrogen-bond acceptors (Lipinski definition) is 6. The van der Waals surface area contributed by atoms with Crippen LogP contribution in [0.1, 0.15) is 18.4 Å². The van der Waals surface area contributed by atoms with Gasteiger partial charge in [0.25, 0.3) is 5.91 Å². The number of nitrogens with zero attached hydrogens (tertiary/aromatic N) is 3. The van der Waals surface area contributed by atoms with Crippen molar-refractivity contribution in [1.29, 1.82) is 0 Å². The van der Waals surface area contributed by atoms with Crippen molar-refractivity contribution >= 4 is 17.2 Å². The van der Waals surface area contributed by atoms with Gasteiger partial charge in [0.2, 0.25) is 11.7 Å². The summed E-state index contributed by atoms with van der Waals surface area (Å²) in [4.78, 5) is 19.3. The molecular formula is C18H19N3O3S. The van der Waals surface area contributed by atoms with Crippen molar-refractivity contribution in [2.24, 2.45) is 0 Å². The van der Waals surface area contributed by atoms with Crippen LogP contribution in [0.4, 0.5) is 0 Å². The fourth-order valence-corrected chi connectivity index (χ4v) is 2.99. The molecule has 130 valence electrons. The molecule has 0 N–H and O–H groups in total. The summed E-state index contributed by atoms with van der Waals surface area (Å²) < 4.78 is 11.0. The zero-order chi connectivity index (χ0) is 17.8. The molecular weight excluding hydrogens is 338 g/mol. The highest BCUT2D eigenvalue weighted by Crippen LogP contribution is 2.22. The number of carbonyl (C=O) groups excluding carboxylic acids is 1. The molecule has 0 aliphatic heterocycles. The van der Waals surface area contributed by atoms with E-state index < -0.39 is 6.10 Å². The van der Waals surface area contributed by atoms with Crippen LogP contribution in [0.15, 0.2) is 46.3 Å². The summed E-state index contributed by atoms with van der Waals surface area (Å²) in [5.74, 6) is 1.48. The molecule has 0 spiro atoms. The highest BCUT2D eigenvalue weighted by molar-refractivity contribution is 7.13. The number of likely N-dealkylation sites (N-methyl/N-ethyl adjacent to an activating group) is 1. The van der Waals surface area contributed by atoms with Crippen LogP contribution in [-0.4, -0.2) is 34.1 Å². The van der Waals surface area contributed by atoms with E-state index in [1.807, 2.05) is 48.7 Å². The van der Waals surface area contributed by atoms with Crippen molar-refractivity contribution in [1.82, 2.24) is 15.0 Å². The van der Waals surface area contributed by atoms with Crippen molar-refractivity contribution in [2.45, 2.75) is 26.5 Å². The number of aromatic nitrogens is 2.